The molecular formula is C6H7NaO6S3. The topological polar surface area (TPSA) is 112 Å². The van der Waals surface area contributed by atoms with Crippen LogP contribution in [0.3, 0.4) is 0 Å². The molecule has 0 aliphatic rings. The van der Waals surface area contributed by atoms with Gasteiger partial charge in [-0.15, -0.1) is 0 Å². The Balaban J connectivity index is 0. The van der Waals surface area contributed by atoms with Gasteiger partial charge in [-0.05, 0) is 18.2 Å². The van der Waals surface area contributed by atoms with Crippen LogP contribution in [0.4, 0.5) is 0 Å². The molecule has 0 spiro atoms. The Morgan fingerprint density at radius 1 is 0.750 bits per heavy atom. The second-order valence-electron chi connectivity index (χ2n) is 2.39. The van der Waals surface area contributed by atoms with Gasteiger partial charge in [-0.2, -0.15) is 0 Å². The smallest absolute Gasteiger partial charge is 1.00 e. The Bertz CT molecular complexity index is 388. The van der Waals surface area contributed by atoms with E-state index in [-0.39, 0.29) is 45.7 Å². The predicted molar refractivity (Wildman–Crippen MR) is 54.7 cm³/mol. The standard InChI is InChI=1S/C6H6O6S3.Na.H/c7-13(8)4-1-5(14(9)10)3-6(2-4)15(11)12;;/h1-3H,(H,7,8)(H,9,10)(H,11,12);;/q;+1;-1. The summed E-state index contributed by atoms with van der Waals surface area (Å²) in [6.45, 7) is 0. The number of benzene rings is 1. The molecule has 0 radical (unpaired) electrons. The molecule has 0 aliphatic carbocycles. The summed E-state index contributed by atoms with van der Waals surface area (Å²) < 4.78 is 58.3. The van der Waals surface area contributed by atoms with Crippen LogP contribution in [0.25, 0.3) is 0 Å². The molecule has 16 heavy (non-hydrogen) atoms. The van der Waals surface area contributed by atoms with E-state index in [1.165, 1.54) is 0 Å². The number of hydrogen-bond donors (Lipinski definition) is 3. The van der Waals surface area contributed by atoms with Gasteiger partial charge in [-0.1, -0.05) is 0 Å². The molecule has 0 aliphatic heterocycles. The van der Waals surface area contributed by atoms with Crippen LogP contribution < -0.4 is 29.6 Å². The maximum Gasteiger partial charge on any atom is 1.00 e. The minimum atomic E-state index is -2.37. The summed E-state index contributed by atoms with van der Waals surface area (Å²) in [5.41, 5.74) is 0. The van der Waals surface area contributed by atoms with Gasteiger partial charge in [-0.3, -0.25) is 0 Å². The first-order chi connectivity index (χ1) is 6.91. The molecule has 0 saturated heterocycles. The zero-order valence-corrected chi connectivity index (χ0v) is 12.5. The molecule has 0 bridgehead atoms. The average Bonchev–Trinajstić information content (AvgIpc) is 2.16. The molecule has 0 amide bonds. The fourth-order valence-corrected chi connectivity index (χ4v) is 2.44. The van der Waals surface area contributed by atoms with E-state index in [4.69, 9.17) is 13.7 Å². The van der Waals surface area contributed by atoms with Gasteiger partial charge in [0.25, 0.3) is 0 Å². The molecule has 86 valence electrons. The largest absolute Gasteiger partial charge is 1.00 e. The van der Waals surface area contributed by atoms with Gasteiger partial charge in [0.1, 0.15) is 0 Å². The van der Waals surface area contributed by atoms with Crippen LogP contribution in [-0.2, 0) is 33.2 Å². The van der Waals surface area contributed by atoms with Gasteiger partial charge in [-0.25, -0.2) is 12.6 Å². The second kappa shape index (κ2) is 7.09. The monoisotopic (exact) mass is 294 g/mol. The van der Waals surface area contributed by atoms with Gasteiger partial charge < -0.3 is 15.1 Å². The summed E-state index contributed by atoms with van der Waals surface area (Å²) >= 11 is -7.12. The molecule has 0 fully saturated rings. The summed E-state index contributed by atoms with van der Waals surface area (Å²) in [4.78, 5) is -0.605. The fourth-order valence-electron chi connectivity index (χ4n) is 0.848. The normalized spacial score (nSPS) is 15.9. The molecule has 1 aromatic rings. The van der Waals surface area contributed by atoms with E-state index in [2.05, 4.69) is 0 Å². The van der Waals surface area contributed by atoms with Crippen molar-refractivity contribution in [2.24, 2.45) is 0 Å². The van der Waals surface area contributed by atoms with Crippen molar-refractivity contribution in [2.75, 3.05) is 0 Å². The van der Waals surface area contributed by atoms with Crippen LogP contribution in [0.2, 0.25) is 0 Å². The fraction of sp³-hybridized carbons (Fsp3) is 0. The van der Waals surface area contributed by atoms with Gasteiger partial charge >= 0.3 is 29.6 Å². The van der Waals surface area contributed by atoms with E-state index >= 15 is 0 Å². The van der Waals surface area contributed by atoms with Crippen molar-refractivity contribution in [2.45, 2.75) is 14.7 Å². The second-order valence-corrected chi connectivity index (χ2v) is 5.30. The summed E-state index contributed by atoms with van der Waals surface area (Å²) in [6.07, 6.45) is 0. The Labute approximate surface area is 122 Å². The quantitative estimate of drug-likeness (QED) is 0.421. The van der Waals surface area contributed by atoms with Crippen molar-refractivity contribution in [1.29, 1.82) is 0 Å². The molecule has 1 rings (SSSR count). The van der Waals surface area contributed by atoms with Gasteiger partial charge in [0.2, 0.25) is 0 Å². The van der Waals surface area contributed by atoms with Crippen LogP contribution in [0.15, 0.2) is 32.9 Å². The molecule has 0 heterocycles. The molecule has 0 saturated carbocycles. The van der Waals surface area contributed by atoms with E-state index in [1.807, 2.05) is 0 Å². The minimum Gasteiger partial charge on any atom is -1.00 e. The van der Waals surface area contributed by atoms with E-state index < -0.39 is 33.2 Å². The third-order valence-corrected chi connectivity index (χ3v) is 3.38. The third kappa shape index (κ3) is 4.43. The van der Waals surface area contributed by atoms with Crippen LogP contribution in [0.5, 0.6) is 0 Å². The SMILES string of the molecule is O=S(O)c1cc(S(=O)O)cc(S(=O)O)c1.[H-].[Na+]. The average molecular weight is 294 g/mol. The number of hydrogen-bond acceptors (Lipinski definition) is 3. The maximum absolute atomic E-state index is 10.7. The van der Waals surface area contributed by atoms with Crippen LogP contribution >= 0.6 is 0 Å². The Morgan fingerprint density at radius 3 is 1.06 bits per heavy atom. The first-order valence-electron chi connectivity index (χ1n) is 3.39. The van der Waals surface area contributed by atoms with Crippen molar-refractivity contribution in [3.8, 4) is 0 Å². The Kier molecular flexibility index (Phi) is 7.33. The van der Waals surface area contributed by atoms with E-state index in [9.17, 15) is 12.6 Å². The van der Waals surface area contributed by atoms with Gasteiger partial charge in [0, 0.05) is 0 Å². The van der Waals surface area contributed by atoms with Gasteiger partial charge in [0.05, 0.1) is 14.7 Å². The van der Waals surface area contributed by atoms with Crippen molar-refractivity contribution in [3.05, 3.63) is 18.2 Å². The molecule has 3 atom stereocenters. The minimum absolute atomic E-state index is 0. The van der Waals surface area contributed by atoms with Crippen molar-refractivity contribution in [3.63, 3.8) is 0 Å². The van der Waals surface area contributed by atoms with E-state index in [1.54, 1.807) is 0 Å². The summed E-state index contributed by atoms with van der Waals surface area (Å²) in [5.74, 6) is 0. The van der Waals surface area contributed by atoms with Crippen LogP contribution in [0.1, 0.15) is 1.43 Å². The first-order valence-corrected chi connectivity index (χ1v) is 6.71. The molecule has 10 heteroatoms. The van der Waals surface area contributed by atoms with Crippen molar-refractivity contribution >= 4 is 33.2 Å². The molecular weight excluding hydrogens is 287 g/mol. The van der Waals surface area contributed by atoms with Crippen LogP contribution in [0, 0.1) is 0 Å². The molecule has 0 aromatic heterocycles. The van der Waals surface area contributed by atoms with Crippen LogP contribution in [-0.4, -0.2) is 26.3 Å². The Morgan fingerprint density at radius 2 is 0.938 bits per heavy atom. The molecule has 3 N–H and O–H groups in total. The zero-order valence-electron chi connectivity index (χ0n) is 9.02. The molecule has 1 aromatic carbocycles. The zero-order chi connectivity index (χ0) is 11.6. The summed E-state index contributed by atoms with van der Waals surface area (Å²) in [7, 11) is 0. The molecule has 3 unspecified atom stereocenters. The Hall–Kier alpha value is 0.550. The third-order valence-electron chi connectivity index (χ3n) is 1.46. The predicted octanol–water partition coefficient (Wildman–Crippen LogP) is -2.46. The summed E-state index contributed by atoms with van der Waals surface area (Å²) in [6, 6.07) is 3.05. The van der Waals surface area contributed by atoms with Crippen molar-refractivity contribution in [1.82, 2.24) is 0 Å². The first kappa shape index (κ1) is 16.6. The number of rotatable bonds is 3. The maximum atomic E-state index is 10.7. The van der Waals surface area contributed by atoms with Gasteiger partial charge in [0.15, 0.2) is 33.2 Å². The summed E-state index contributed by atoms with van der Waals surface area (Å²) in [5, 5.41) is 0. The van der Waals surface area contributed by atoms with Crippen molar-refractivity contribution < 1.29 is 57.3 Å². The van der Waals surface area contributed by atoms with E-state index in [0.717, 1.165) is 18.2 Å². The van der Waals surface area contributed by atoms with E-state index in [0.29, 0.717) is 0 Å². The molecule has 6 nitrogen and oxygen atoms in total.